The van der Waals surface area contributed by atoms with E-state index in [0.717, 1.165) is 19.0 Å². The molecule has 4 rings (SSSR count). The summed E-state index contributed by atoms with van der Waals surface area (Å²) in [6.07, 6.45) is 0. The molecule has 25 heavy (non-hydrogen) atoms. The Morgan fingerprint density at radius 1 is 0.960 bits per heavy atom. The van der Waals surface area contributed by atoms with Crippen LogP contribution in [0.1, 0.15) is 24.1 Å². The normalized spacial score (nSPS) is 18.7. The van der Waals surface area contributed by atoms with Gasteiger partial charge in [0.05, 0.1) is 12.6 Å². The van der Waals surface area contributed by atoms with E-state index in [9.17, 15) is 0 Å². The lowest BCUT2D eigenvalue weighted by Gasteiger charge is -2.14. The molecule has 1 aliphatic rings. The van der Waals surface area contributed by atoms with Crippen LogP contribution in [-0.2, 0) is 6.54 Å². The Bertz CT molecular complexity index is 886. The number of likely N-dealkylation sites (N-methyl/N-ethyl adjacent to an activating group) is 1. The second-order valence-corrected chi connectivity index (χ2v) is 6.47. The van der Waals surface area contributed by atoms with Gasteiger partial charge in [0.1, 0.15) is 0 Å². The quantitative estimate of drug-likeness (QED) is 0.770. The van der Waals surface area contributed by atoms with Crippen molar-refractivity contribution >= 4 is 16.7 Å². The fourth-order valence-electron chi connectivity index (χ4n) is 3.40. The topological polar surface area (TPSA) is 27.6 Å². The molecule has 0 aliphatic carbocycles. The minimum absolute atomic E-state index is 0.316. The smallest absolute Gasteiger partial charge is 0.194 e. The maximum Gasteiger partial charge on any atom is 0.194 e. The molecule has 0 saturated carbocycles. The molecule has 3 aromatic rings. The third-order valence-corrected chi connectivity index (χ3v) is 4.81. The number of fused-ring (bicyclic) bond motifs is 1. The van der Waals surface area contributed by atoms with E-state index in [1.54, 1.807) is 0 Å². The lowest BCUT2D eigenvalue weighted by molar-refractivity contribution is 0.455. The summed E-state index contributed by atoms with van der Waals surface area (Å²) >= 11 is 0. The van der Waals surface area contributed by atoms with Crippen LogP contribution >= 0.6 is 0 Å². The third-order valence-electron chi connectivity index (χ3n) is 4.81. The molecule has 1 aliphatic heterocycles. The lowest BCUT2D eigenvalue weighted by Crippen LogP contribution is -2.30. The van der Waals surface area contributed by atoms with Crippen molar-refractivity contribution in [3.05, 3.63) is 83.9 Å². The van der Waals surface area contributed by atoms with E-state index >= 15 is 0 Å². The van der Waals surface area contributed by atoms with Crippen molar-refractivity contribution < 1.29 is 0 Å². The monoisotopic (exact) mass is 329 g/mol. The third kappa shape index (κ3) is 3.36. The average Bonchev–Trinajstić information content (AvgIpc) is 3.10. The van der Waals surface area contributed by atoms with Gasteiger partial charge < -0.3 is 10.2 Å². The summed E-state index contributed by atoms with van der Waals surface area (Å²) in [7, 11) is 0. The number of benzene rings is 3. The second kappa shape index (κ2) is 6.98. The van der Waals surface area contributed by atoms with Crippen LogP contribution in [0.25, 0.3) is 10.8 Å². The van der Waals surface area contributed by atoms with Crippen LogP contribution in [0.4, 0.5) is 0 Å². The molecule has 0 bridgehead atoms. The van der Waals surface area contributed by atoms with Gasteiger partial charge in [-0.1, -0.05) is 66.7 Å². The lowest BCUT2D eigenvalue weighted by atomic mass is 10.1. The number of nitrogens with one attached hydrogen (secondary N) is 1. The molecule has 1 fully saturated rings. The zero-order valence-electron chi connectivity index (χ0n) is 14.5. The van der Waals surface area contributed by atoms with Crippen molar-refractivity contribution in [3.8, 4) is 0 Å². The molecule has 0 radical (unpaired) electrons. The van der Waals surface area contributed by atoms with Gasteiger partial charge in [-0.3, -0.25) is 0 Å². The Hall–Kier alpha value is -2.81. The number of hydrogen-bond acceptors (Lipinski definition) is 1. The van der Waals surface area contributed by atoms with Gasteiger partial charge in [0.2, 0.25) is 0 Å². The SMILES string of the molecule is CCN1CC(c2ccccc2)NC1=NCc1ccc2ccccc2c1. The second-order valence-electron chi connectivity index (χ2n) is 6.47. The minimum Gasteiger partial charge on any atom is -0.348 e. The van der Waals surface area contributed by atoms with E-state index in [1.807, 2.05) is 0 Å². The standard InChI is InChI=1S/C22H23N3/c1-2-25-16-21(19-9-4-3-5-10-19)24-22(25)23-15-17-12-13-18-8-6-7-11-20(18)14-17/h3-14,21H,2,15-16H2,1H3,(H,23,24). The fourth-order valence-corrected chi connectivity index (χ4v) is 3.40. The van der Waals surface area contributed by atoms with Crippen LogP contribution in [0.5, 0.6) is 0 Å². The predicted molar refractivity (Wildman–Crippen MR) is 105 cm³/mol. The zero-order valence-corrected chi connectivity index (χ0v) is 14.5. The van der Waals surface area contributed by atoms with Gasteiger partial charge >= 0.3 is 0 Å². The highest BCUT2D eigenvalue weighted by Gasteiger charge is 2.26. The van der Waals surface area contributed by atoms with Crippen LogP contribution in [0.15, 0.2) is 77.8 Å². The molecule has 0 aromatic heterocycles. The van der Waals surface area contributed by atoms with Crippen molar-refractivity contribution in [3.63, 3.8) is 0 Å². The molecule has 0 spiro atoms. The number of guanidine groups is 1. The highest BCUT2D eigenvalue weighted by atomic mass is 15.4. The fraction of sp³-hybridized carbons (Fsp3) is 0.227. The number of aliphatic imine (C=N–C) groups is 1. The summed E-state index contributed by atoms with van der Waals surface area (Å²) in [6.45, 7) is 4.82. The van der Waals surface area contributed by atoms with Gasteiger partial charge in [-0.15, -0.1) is 0 Å². The first-order chi connectivity index (χ1) is 12.3. The van der Waals surface area contributed by atoms with Crippen molar-refractivity contribution in [1.82, 2.24) is 10.2 Å². The molecular weight excluding hydrogens is 306 g/mol. The first-order valence-corrected chi connectivity index (χ1v) is 8.92. The molecule has 3 nitrogen and oxygen atoms in total. The van der Waals surface area contributed by atoms with Gasteiger partial charge in [0.15, 0.2) is 5.96 Å². The van der Waals surface area contributed by atoms with Crippen LogP contribution in [0.3, 0.4) is 0 Å². The Kier molecular flexibility index (Phi) is 4.38. The molecule has 1 unspecified atom stereocenters. The molecule has 0 amide bonds. The Morgan fingerprint density at radius 3 is 2.52 bits per heavy atom. The van der Waals surface area contributed by atoms with Crippen LogP contribution in [0, 0.1) is 0 Å². The highest BCUT2D eigenvalue weighted by Crippen LogP contribution is 2.21. The summed E-state index contributed by atoms with van der Waals surface area (Å²) in [5.74, 6) is 1.00. The molecule has 1 heterocycles. The predicted octanol–water partition coefficient (Wildman–Crippen LogP) is 4.36. The van der Waals surface area contributed by atoms with Gasteiger partial charge in [0, 0.05) is 13.1 Å². The maximum absolute atomic E-state index is 4.86. The molecular formula is C22H23N3. The van der Waals surface area contributed by atoms with Crippen molar-refractivity contribution in [2.24, 2.45) is 4.99 Å². The summed E-state index contributed by atoms with van der Waals surface area (Å²) in [6, 6.07) is 26.0. The van der Waals surface area contributed by atoms with E-state index in [0.29, 0.717) is 12.6 Å². The number of nitrogens with zero attached hydrogens (tertiary/aromatic N) is 2. The van der Waals surface area contributed by atoms with Crippen LogP contribution < -0.4 is 5.32 Å². The summed E-state index contributed by atoms with van der Waals surface area (Å²) in [4.78, 5) is 7.18. The zero-order chi connectivity index (χ0) is 17.1. The van der Waals surface area contributed by atoms with Crippen molar-refractivity contribution in [1.29, 1.82) is 0 Å². The first-order valence-electron chi connectivity index (χ1n) is 8.92. The van der Waals surface area contributed by atoms with E-state index in [-0.39, 0.29) is 0 Å². The van der Waals surface area contributed by atoms with E-state index in [1.165, 1.54) is 21.9 Å². The highest BCUT2D eigenvalue weighted by molar-refractivity contribution is 5.84. The molecule has 1 saturated heterocycles. The van der Waals surface area contributed by atoms with Gasteiger partial charge in [-0.2, -0.15) is 0 Å². The maximum atomic E-state index is 4.86. The van der Waals surface area contributed by atoms with Gasteiger partial charge in [0.25, 0.3) is 0 Å². The Balaban J connectivity index is 1.53. The summed E-state index contributed by atoms with van der Waals surface area (Å²) < 4.78 is 0. The molecule has 1 atom stereocenters. The van der Waals surface area contributed by atoms with Gasteiger partial charge in [-0.05, 0) is 34.9 Å². The first kappa shape index (κ1) is 15.7. The average molecular weight is 329 g/mol. The molecule has 1 N–H and O–H groups in total. The van der Waals surface area contributed by atoms with Gasteiger partial charge in [-0.25, -0.2) is 4.99 Å². The molecule has 3 heteroatoms. The van der Waals surface area contributed by atoms with Crippen molar-refractivity contribution in [2.75, 3.05) is 13.1 Å². The van der Waals surface area contributed by atoms with Crippen molar-refractivity contribution in [2.45, 2.75) is 19.5 Å². The molecule has 3 aromatic carbocycles. The summed E-state index contributed by atoms with van der Waals surface area (Å²) in [5.41, 5.74) is 2.56. The largest absolute Gasteiger partial charge is 0.348 e. The molecule has 126 valence electrons. The number of rotatable bonds is 4. The minimum atomic E-state index is 0.316. The van der Waals surface area contributed by atoms with E-state index < -0.39 is 0 Å². The summed E-state index contributed by atoms with van der Waals surface area (Å²) in [5, 5.41) is 6.14. The van der Waals surface area contributed by atoms with Crippen LogP contribution in [0.2, 0.25) is 0 Å². The Morgan fingerprint density at radius 2 is 1.72 bits per heavy atom. The Labute approximate surface area is 149 Å². The number of hydrogen-bond donors (Lipinski definition) is 1. The van der Waals surface area contributed by atoms with Crippen LogP contribution in [-0.4, -0.2) is 23.9 Å². The van der Waals surface area contributed by atoms with E-state index in [4.69, 9.17) is 4.99 Å². The van der Waals surface area contributed by atoms with E-state index in [2.05, 4.69) is 89.9 Å².